The lowest BCUT2D eigenvalue weighted by molar-refractivity contribution is -0.127. The molecular weight excluding hydrogens is 632 g/mol. The van der Waals surface area contributed by atoms with Crippen molar-refractivity contribution in [2.75, 3.05) is 25.1 Å². The monoisotopic (exact) mass is 674 g/mol. The highest BCUT2D eigenvalue weighted by Crippen LogP contribution is 2.35. The Labute approximate surface area is 280 Å². The summed E-state index contributed by atoms with van der Waals surface area (Å²) in [4.78, 5) is 30.3. The van der Waals surface area contributed by atoms with Crippen molar-refractivity contribution in [2.45, 2.75) is 75.4 Å². The Kier molecular flexibility index (Phi) is 9.97. The van der Waals surface area contributed by atoms with E-state index < -0.39 is 27.9 Å². The van der Waals surface area contributed by atoms with Crippen LogP contribution < -0.4 is 15.0 Å². The Bertz CT molecular complexity index is 1860. The van der Waals surface area contributed by atoms with Crippen LogP contribution in [0.1, 0.15) is 63.5 Å². The van der Waals surface area contributed by atoms with Crippen LogP contribution in [0.2, 0.25) is 0 Å². The second kappa shape index (κ2) is 14.3. The lowest BCUT2D eigenvalue weighted by Crippen LogP contribution is -2.48. The van der Waals surface area contributed by atoms with Gasteiger partial charge >= 0.3 is 0 Å². The zero-order chi connectivity index (χ0) is 33.8. The Balaban J connectivity index is 1.41. The number of methoxy groups -OCH3 is 1. The number of ether oxygens (including phenoxy) is 1. The van der Waals surface area contributed by atoms with E-state index in [9.17, 15) is 23.1 Å². The Morgan fingerprint density at radius 3 is 2.40 bits per heavy atom. The number of nitrogens with one attached hydrogen (secondary N) is 1. The van der Waals surface area contributed by atoms with Crippen LogP contribution in [0.25, 0.3) is 11.0 Å². The molecule has 0 spiro atoms. The maximum atomic E-state index is 14.5. The molecular formula is C35H42N6O6S. The molecule has 1 aromatic heterocycles. The topological polar surface area (TPSA) is 147 Å². The third-order valence-corrected chi connectivity index (χ3v) is 11.4. The van der Waals surface area contributed by atoms with Crippen LogP contribution >= 0.6 is 0 Å². The van der Waals surface area contributed by atoms with E-state index in [1.165, 1.54) is 39.2 Å². The molecule has 1 aliphatic heterocycles. The molecule has 4 aromatic rings. The zero-order valence-corrected chi connectivity index (χ0v) is 28.1. The number of aromatic nitrogens is 3. The molecule has 254 valence electrons. The van der Waals surface area contributed by atoms with Gasteiger partial charge in [-0.2, -0.15) is 4.31 Å². The maximum Gasteiger partial charge on any atom is 0.249 e. The lowest BCUT2D eigenvalue weighted by Gasteiger charge is -2.34. The molecule has 1 saturated heterocycles. The standard InChI is InChI=1S/C35H42N6O6S/c1-24-18-20-39(21-19-24)48(45,46)28-15-13-27(14-16-28)41(33(43)23-40-30-11-7-6-10-29(30)37-38-40)34(25-12-17-32(47-2)31(42)22-25)35(44)36-26-8-4-3-5-9-26/h6-7,10-17,22,24,26,34,42H,3-5,8-9,18-21,23H2,1-2H3,(H,36,44). The number of phenolic OH excluding ortho intramolecular Hbond substituents is 1. The molecule has 0 radical (unpaired) electrons. The van der Waals surface area contributed by atoms with Crippen molar-refractivity contribution in [3.8, 4) is 11.5 Å². The van der Waals surface area contributed by atoms with Crippen molar-refractivity contribution in [3.05, 3.63) is 72.3 Å². The third-order valence-electron chi connectivity index (χ3n) is 9.45. The number of carbonyl (C=O) groups excluding carboxylic acids is 2. The van der Waals surface area contributed by atoms with Gasteiger partial charge in [0.15, 0.2) is 11.5 Å². The third kappa shape index (κ3) is 7.02. The molecule has 1 aliphatic carbocycles. The minimum Gasteiger partial charge on any atom is -0.504 e. The number of para-hydroxylation sites is 1. The van der Waals surface area contributed by atoms with Crippen LogP contribution in [0.4, 0.5) is 5.69 Å². The van der Waals surface area contributed by atoms with Gasteiger partial charge in [0.05, 0.1) is 17.5 Å². The summed E-state index contributed by atoms with van der Waals surface area (Å²) in [5, 5.41) is 22.3. The number of phenols is 1. The number of hydrogen-bond acceptors (Lipinski definition) is 8. The van der Waals surface area contributed by atoms with E-state index in [2.05, 4.69) is 22.6 Å². The maximum absolute atomic E-state index is 14.5. The molecule has 3 aromatic carbocycles. The summed E-state index contributed by atoms with van der Waals surface area (Å²) in [6.07, 6.45) is 6.33. The van der Waals surface area contributed by atoms with Gasteiger partial charge in [0.2, 0.25) is 21.8 Å². The summed E-state index contributed by atoms with van der Waals surface area (Å²) in [6, 6.07) is 16.7. The number of sulfonamides is 1. The van der Waals surface area contributed by atoms with E-state index in [1.54, 1.807) is 30.3 Å². The minimum absolute atomic E-state index is 0.0587. The summed E-state index contributed by atoms with van der Waals surface area (Å²) in [6.45, 7) is 2.77. The highest BCUT2D eigenvalue weighted by Gasteiger charge is 2.36. The minimum atomic E-state index is -3.75. The van der Waals surface area contributed by atoms with E-state index in [-0.39, 0.29) is 29.0 Å². The number of anilines is 1. The first kappa shape index (κ1) is 33.4. The van der Waals surface area contributed by atoms with E-state index in [0.29, 0.717) is 41.3 Å². The zero-order valence-electron chi connectivity index (χ0n) is 27.3. The van der Waals surface area contributed by atoms with Crippen LogP contribution in [0.15, 0.2) is 71.6 Å². The van der Waals surface area contributed by atoms with Gasteiger partial charge in [-0.05, 0) is 85.7 Å². The van der Waals surface area contributed by atoms with Crippen molar-refractivity contribution in [3.63, 3.8) is 0 Å². The Hall–Kier alpha value is -4.49. The van der Waals surface area contributed by atoms with E-state index in [0.717, 1.165) is 44.9 Å². The Morgan fingerprint density at radius 2 is 1.71 bits per heavy atom. The summed E-state index contributed by atoms with van der Waals surface area (Å²) < 4.78 is 35.3. The lowest BCUT2D eigenvalue weighted by atomic mass is 9.94. The number of nitrogens with zero attached hydrogens (tertiary/aromatic N) is 5. The van der Waals surface area contributed by atoms with Crippen molar-refractivity contribution in [1.29, 1.82) is 0 Å². The molecule has 48 heavy (non-hydrogen) atoms. The van der Waals surface area contributed by atoms with Gasteiger partial charge in [-0.1, -0.05) is 49.6 Å². The number of benzene rings is 3. The predicted octanol–water partition coefficient (Wildman–Crippen LogP) is 4.79. The fourth-order valence-electron chi connectivity index (χ4n) is 6.65. The van der Waals surface area contributed by atoms with E-state index in [1.807, 2.05) is 18.2 Å². The summed E-state index contributed by atoms with van der Waals surface area (Å²) in [5.74, 6) is -0.390. The molecule has 13 heteroatoms. The van der Waals surface area contributed by atoms with Gasteiger partial charge in [0.1, 0.15) is 18.1 Å². The van der Waals surface area contributed by atoms with Crippen LogP contribution in [0.5, 0.6) is 11.5 Å². The number of amides is 2. The second-order valence-corrected chi connectivity index (χ2v) is 14.7. The van der Waals surface area contributed by atoms with Gasteiger partial charge in [0, 0.05) is 24.8 Å². The van der Waals surface area contributed by atoms with Crippen molar-refractivity contribution < 1.29 is 27.9 Å². The number of rotatable bonds is 10. The van der Waals surface area contributed by atoms with Gasteiger partial charge in [0.25, 0.3) is 0 Å². The molecule has 1 unspecified atom stereocenters. The highest BCUT2D eigenvalue weighted by molar-refractivity contribution is 7.89. The SMILES string of the molecule is COc1ccc(C(C(=O)NC2CCCCC2)N(C(=O)Cn2nnc3ccccc32)c2ccc(S(=O)(=O)N3CCC(C)CC3)cc2)cc1O. The highest BCUT2D eigenvalue weighted by atomic mass is 32.2. The molecule has 0 bridgehead atoms. The van der Waals surface area contributed by atoms with Gasteiger partial charge in [-0.15, -0.1) is 5.10 Å². The number of fused-ring (bicyclic) bond motifs is 1. The molecule has 1 saturated carbocycles. The van der Waals surface area contributed by atoms with E-state index in [4.69, 9.17) is 4.74 Å². The number of aromatic hydroxyl groups is 1. The second-order valence-electron chi connectivity index (χ2n) is 12.8. The van der Waals surface area contributed by atoms with Crippen molar-refractivity contribution >= 4 is 38.6 Å². The normalized spacial score (nSPS) is 17.2. The fourth-order valence-corrected chi connectivity index (χ4v) is 8.12. The number of piperidine rings is 1. The van der Waals surface area contributed by atoms with Gasteiger partial charge < -0.3 is 15.2 Å². The van der Waals surface area contributed by atoms with Crippen molar-refractivity contribution in [1.82, 2.24) is 24.6 Å². The fraction of sp³-hybridized carbons (Fsp3) is 0.429. The largest absolute Gasteiger partial charge is 0.504 e. The summed E-state index contributed by atoms with van der Waals surface area (Å²) in [5.41, 5.74) is 1.94. The molecule has 2 fully saturated rings. The molecule has 12 nitrogen and oxygen atoms in total. The summed E-state index contributed by atoms with van der Waals surface area (Å²) in [7, 11) is -2.32. The molecule has 2 aliphatic rings. The molecule has 2 amide bonds. The molecule has 2 N–H and O–H groups in total. The van der Waals surface area contributed by atoms with Crippen molar-refractivity contribution in [2.24, 2.45) is 5.92 Å². The summed E-state index contributed by atoms with van der Waals surface area (Å²) >= 11 is 0. The predicted molar refractivity (Wildman–Crippen MR) is 181 cm³/mol. The molecule has 1 atom stereocenters. The average Bonchev–Trinajstić information content (AvgIpc) is 3.50. The van der Waals surface area contributed by atoms with Gasteiger partial charge in [-0.25, -0.2) is 13.1 Å². The van der Waals surface area contributed by atoms with Crippen LogP contribution in [-0.4, -0.2) is 70.9 Å². The van der Waals surface area contributed by atoms with Crippen LogP contribution in [-0.2, 0) is 26.2 Å². The first-order valence-electron chi connectivity index (χ1n) is 16.5. The quantitative estimate of drug-likeness (QED) is 0.244. The molecule has 6 rings (SSSR count). The molecule has 2 heterocycles. The Morgan fingerprint density at radius 1 is 1.00 bits per heavy atom. The van der Waals surface area contributed by atoms with Crippen LogP contribution in [0, 0.1) is 5.92 Å². The average molecular weight is 675 g/mol. The van der Waals surface area contributed by atoms with E-state index >= 15 is 0 Å². The van der Waals surface area contributed by atoms with Gasteiger partial charge in [-0.3, -0.25) is 14.5 Å². The van der Waals surface area contributed by atoms with Crippen LogP contribution in [0.3, 0.4) is 0 Å². The number of carbonyl (C=O) groups is 2. The smallest absolute Gasteiger partial charge is 0.249 e. The number of hydrogen-bond donors (Lipinski definition) is 2. The first-order valence-corrected chi connectivity index (χ1v) is 18.0. The first-order chi connectivity index (χ1) is 23.2.